The molecule has 1 fully saturated rings. The van der Waals surface area contributed by atoms with Gasteiger partial charge in [0, 0.05) is 25.3 Å². The third-order valence-corrected chi connectivity index (χ3v) is 5.51. The molecule has 0 aliphatic carbocycles. The molecule has 7 heteroatoms. The molecule has 0 aromatic heterocycles. The fraction of sp³-hybridized carbons (Fsp3) is 0.333. The Morgan fingerprint density at radius 3 is 2.35 bits per heavy atom. The lowest BCUT2D eigenvalue weighted by atomic mass is 10.0. The number of amides is 1. The van der Waals surface area contributed by atoms with Gasteiger partial charge in [-0.05, 0) is 79.6 Å². The number of hydrogen-bond acceptors (Lipinski definition) is 6. The highest BCUT2D eigenvalue weighted by Gasteiger charge is 2.26. The van der Waals surface area contributed by atoms with Crippen molar-refractivity contribution in [2.75, 3.05) is 31.5 Å². The van der Waals surface area contributed by atoms with E-state index in [4.69, 9.17) is 14.8 Å². The second-order valence-corrected chi connectivity index (χ2v) is 9.37. The van der Waals surface area contributed by atoms with Crippen LogP contribution in [0.3, 0.4) is 0 Å². The van der Waals surface area contributed by atoms with Crippen LogP contribution in [0.15, 0.2) is 60.7 Å². The van der Waals surface area contributed by atoms with Crippen LogP contribution in [0.25, 0.3) is 10.8 Å². The summed E-state index contributed by atoms with van der Waals surface area (Å²) in [6.07, 6.45) is -0.278. The van der Waals surface area contributed by atoms with Crippen molar-refractivity contribution in [2.24, 2.45) is 0 Å². The number of hydrogen-bond donors (Lipinski definition) is 1. The molecule has 7 nitrogen and oxygen atoms in total. The number of nitriles is 1. The maximum atomic E-state index is 12.2. The van der Waals surface area contributed by atoms with Gasteiger partial charge in [-0.25, -0.2) is 4.79 Å². The van der Waals surface area contributed by atoms with Crippen molar-refractivity contribution in [3.05, 3.63) is 71.8 Å². The largest absolute Gasteiger partial charge is 0.444 e. The average Bonchev–Trinajstić information content (AvgIpc) is 2.82. The van der Waals surface area contributed by atoms with Crippen LogP contribution in [0.4, 0.5) is 10.5 Å². The molecule has 1 heterocycles. The van der Waals surface area contributed by atoms with Crippen LogP contribution in [0.2, 0.25) is 0 Å². The molecule has 34 heavy (non-hydrogen) atoms. The number of ether oxygens (including phenoxy) is 1. The van der Waals surface area contributed by atoms with Gasteiger partial charge < -0.3 is 19.8 Å². The monoisotopic (exact) mass is 458 g/mol. The third-order valence-electron chi connectivity index (χ3n) is 5.51. The number of hydroxylamine groups is 2. The van der Waals surface area contributed by atoms with E-state index in [0.717, 1.165) is 27.8 Å². The maximum Gasteiger partial charge on any atom is 0.410 e. The molecular formula is C27H30N4O3. The molecule has 0 atom stereocenters. The highest BCUT2D eigenvalue weighted by atomic mass is 16.7. The van der Waals surface area contributed by atoms with Crippen molar-refractivity contribution in [1.82, 2.24) is 9.96 Å². The number of rotatable bonds is 5. The van der Waals surface area contributed by atoms with Gasteiger partial charge in [-0.1, -0.05) is 18.2 Å². The van der Waals surface area contributed by atoms with E-state index in [1.807, 2.05) is 68.3 Å². The number of piperazine rings is 1. The van der Waals surface area contributed by atoms with Gasteiger partial charge in [0.2, 0.25) is 0 Å². The summed E-state index contributed by atoms with van der Waals surface area (Å²) in [6, 6.07) is 22.0. The van der Waals surface area contributed by atoms with E-state index in [9.17, 15) is 4.79 Å². The number of benzene rings is 3. The molecule has 176 valence electrons. The number of nitrogens with zero attached hydrogens (tertiary/aromatic N) is 3. The Kier molecular flexibility index (Phi) is 6.90. The molecule has 0 bridgehead atoms. The van der Waals surface area contributed by atoms with Crippen molar-refractivity contribution in [1.29, 1.82) is 5.26 Å². The van der Waals surface area contributed by atoms with Crippen LogP contribution in [0.1, 0.15) is 31.9 Å². The Morgan fingerprint density at radius 2 is 1.68 bits per heavy atom. The van der Waals surface area contributed by atoms with E-state index in [0.29, 0.717) is 38.3 Å². The Labute approximate surface area is 200 Å². The molecule has 1 N–H and O–H groups in total. The van der Waals surface area contributed by atoms with E-state index in [2.05, 4.69) is 29.6 Å². The molecular weight excluding hydrogens is 428 g/mol. The fourth-order valence-corrected chi connectivity index (χ4v) is 3.75. The van der Waals surface area contributed by atoms with E-state index in [-0.39, 0.29) is 6.09 Å². The van der Waals surface area contributed by atoms with Gasteiger partial charge in [-0.2, -0.15) is 5.26 Å². The summed E-state index contributed by atoms with van der Waals surface area (Å²) in [5, 5.41) is 16.6. The molecule has 0 unspecified atom stereocenters. The molecule has 3 aromatic carbocycles. The van der Waals surface area contributed by atoms with Crippen LogP contribution in [-0.4, -0.2) is 47.8 Å². The Bertz CT molecular complexity index is 1190. The average molecular weight is 459 g/mol. The topological polar surface area (TPSA) is 77.8 Å². The van der Waals surface area contributed by atoms with Gasteiger partial charge in [-0.3, -0.25) is 0 Å². The zero-order chi connectivity index (χ0) is 24.1. The van der Waals surface area contributed by atoms with E-state index >= 15 is 0 Å². The van der Waals surface area contributed by atoms with Crippen molar-refractivity contribution in [2.45, 2.75) is 32.9 Å². The summed E-state index contributed by atoms with van der Waals surface area (Å²) in [6.45, 7) is 8.66. The normalized spacial score (nSPS) is 14.5. The van der Waals surface area contributed by atoms with Gasteiger partial charge >= 0.3 is 6.09 Å². The van der Waals surface area contributed by atoms with E-state index in [1.54, 1.807) is 4.90 Å². The molecule has 0 saturated carbocycles. The first kappa shape index (κ1) is 23.4. The lowest BCUT2D eigenvalue weighted by molar-refractivity contribution is -0.0888. The summed E-state index contributed by atoms with van der Waals surface area (Å²) < 4.78 is 5.44. The smallest absolute Gasteiger partial charge is 0.410 e. The lowest BCUT2D eigenvalue weighted by Crippen LogP contribution is -2.50. The molecule has 1 aliphatic rings. The molecule has 1 aliphatic heterocycles. The van der Waals surface area contributed by atoms with Crippen LogP contribution in [0, 0.1) is 11.3 Å². The second-order valence-electron chi connectivity index (χ2n) is 9.37. The lowest BCUT2D eigenvalue weighted by Gasteiger charge is -2.34. The van der Waals surface area contributed by atoms with Crippen LogP contribution >= 0.6 is 0 Å². The Balaban J connectivity index is 1.27. The number of fused-ring (bicyclic) bond motifs is 1. The first-order valence-corrected chi connectivity index (χ1v) is 11.5. The minimum Gasteiger partial charge on any atom is -0.444 e. The minimum atomic E-state index is -0.490. The fourth-order valence-electron chi connectivity index (χ4n) is 3.75. The van der Waals surface area contributed by atoms with Crippen LogP contribution in [0.5, 0.6) is 5.75 Å². The summed E-state index contributed by atoms with van der Waals surface area (Å²) in [7, 11) is 0. The summed E-state index contributed by atoms with van der Waals surface area (Å²) in [5.41, 5.74) is 2.31. The van der Waals surface area contributed by atoms with Gasteiger partial charge in [0.05, 0.1) is 24.7 Å². The summed E-state index contributed by atoms with van der Waals surface area (Å²) in [4.78, 5) is 19.9. The van der Waals surface area contributed by atoms with Crippen molar-refractivity contribution >= 4 is 22.6 Å². The van der Waals surface area contributed by atoms with Crippen LogP contribution < -0.4 is 10.2 Å². The molecule has 4 rings (SSSR count). The Morgan fingerprint density at radius 1 is 0.971 bits per heavy atom. The van der Waals surface area contributed by atoms with Crippen LogP contribution in [-0.2, 0) is 11.3 Å². The second kappa shape index (κ2) is 10.0. The Hall–Kier alpha value is -3.76. The van der Waals surface area contributed by atoms with Gasteiger partial charge in [0.25, 0.3) is 0 Å². The maximum absolute atomic E-state index is 12.2. The highest BCUT2D eigenvalue weighted by Crippen LogP contribution is 2.21. The van der Waals surface area contributed by atoms with E-state index < -0.39 is 5.60 Å². The minimum absolute atomic E-state index is 0.278. The zero-order valence-electron chi connectivity index (χ0n) is 19.9. The molecule has 1 amide bonds. The van der Waals surface area contributed by atoms with E-state index in [1.165, 1.54) is 0 Å². The molecule has 0 spiro atoms. The molecule has 3 aromatic rings. The molecule has 0 radical (unpaired) electrons. The SMILES string of the molecule is CC(C)(C)OC(=O)N1CCN(Oc2ccc(NCc3ccc4ccc(C#N)cc4c3)cc2)CC1. The summed E-state index contributed by atoms with van der Waals surface area (Å²) >= 11 is 0. The first-order valence-electron chi connectivity index (χ1n) is 11.5. The zero-order valence-corrected chi connectivity index (χ0v) is 19.9. The molecule has 1 saturated heterocycles. The highest BCUT2D eigenvalue weighted by molar-refractivity contribution is 5.84. The van der Waals surface area contributed by atoms with Gasteiger partial charge in [-0.15, -0.1) is 5.06 Å². The number of carbonyl (C=O) groups is 1. The predicted octanol–water partition coefficient (Wildman–Crippen LogP) is 5.17. The van der Waals surface area contributed by atoms with Crippen molar-refractivity contribution in [3.63, 3.8) is 0 Å². The van der Waals surface area contributed by atoms with Crippen molar-refractivity contribution in [3.8, 4) is 11.8 Å². The quantitative estimate of drug-likeness (QED) is 0.568. The number of carbonyl (C=O) groups excluding carboxylic acids is 1. The summed E-state index contributed by atoms with van der Waals surface area (Å²) in [5.74, 6) is 0.756. The standard InChI is InChI=1S/C27H30N4O3/c1-27(2,3)33-26(32)30-12-14-31(15-13-30)34-25-10-8-24(9-11-25)29-19-21-5-7-22-6-4-20(18-28)16-23(22)17-21/h4-11,16-17,29H,12-15,19H2,1-3H3. The number of nitrogens with one attached hydrogen (secondary N) is 1. The third kappa shape index (κ3) is 6.18. The first-order chi connectivity index (χ1) is 16.3. The van der Waals surface area contributed by atoms with Gasteiger partial charge in [0.15, 0.2) is 0 Å². The van der Waals surface area contributed by atoms with Gasteiger partial charge in [0.1, 0.15) is 11.4 Å². The number of anilines is 1. The van der Waals surface area contributed by atoms with Crippen molar-refractivity contribution < 1.29 is 14.4 Å². The predicted molar refractivity (Wildman–Crippen MR) is 132 cm³/mol.